The first kappa shape index (κ1) is 58.3. The smallest absolute Gasteiger partial charge is 0.306 e. The molecular formula is C56H92O6. The molecule has 0 fully saturated rings. The number of unbranched alkanes of at least 4 members (excludes halogenated alkanes) is 17. The maximum Gasteiger partial charge on any atom is 0.306 e. The molecule has 0 saturated carbocycles. The second-order valence-corrected chi connectivity index (χ2v) is 16.3. The topological polar surface area (TPSA) is 78.9 Å². The Labute approximate surface area is 381 Å². The zero-order valence-corrected chi connectivity index (χ0v) is 40.1. The monoisotopic (exact) mass is 861 g/mol. The minimum absolute atomic E-state index is 0.0950. The molecule has 0 radical (unpaired) electrons. The Morgan fingerprint density at radius 3 is 1.03 bits per heavy atom. The van der Waals surface area contributed by atoms with Crippen molar-refractivity contribution in [2.45, 2.75) is 226 Å². The van der Waals surface area contributed by atoms with Crippen molar-refractivity contribution in [3.63, 3.8) is 0 Å². The van der Waals surface area contributed by atoms with Crippen LogP contribution < -0.4 is 0 Å². The molecule has 0 aliphatic heterocycles. The summed E-state index contributed by atoms with van der Waals surface area (Å²) >= 11 is 0. The highest BCUT2D eigenvalue weighted by molar-refractivity contribution is 5.71. The van der Waals surface area contributed by atoms with Gasteiger partial charge >= 0.3 is 17.9 Å². The maximum atomic E-state index is 12.7. The highest BCUT2D eigenvalue weighted by Gasteiger charge is 2.19. The highest BCUT2D eigenvalue weighted by Crippen LogP contribution is 2.13. The summed E-state index contributed by atoms with van der Waals surface area (Å²) in [5.74, 6) is -0.956. The third-order valence-electron chi connectivity index (χ3n) is 10.3. The average molecular weight is 861 g/mol. The standard InChI is InChI=1S/C56H92O6/c1-4-7-10-13-16-18-20-22-24-26-28-30-32-34-36-38-40-43-46-49-55(58)61-52-53(51-60-54(57)48-45-42-15-12-9-6-3)62-56(59)50-47-44-41-39-37-35-33-31-29-27-25-23-21-19-17-14-11-8-5-2/h7,10,16-19,22-25,28-31,34,36,53H,4-6,8-9,11-15,20-21,26-27,32-33,35,37-52H2,1-3H3/b10-7-,18-16-,19-17-,24-22-,25-23-,30-28-,31-29-,36-34-. The van der Waals surface area contributed by atoms with E-state index in [9.17, 15) is 14.4 Å². The van der Waals surface area contributed by atoms with Crippen LogP contribution in [-0.2, 0) is 28.6 Å². The summed E-state index contributed by atoms with van der Waals surface area (Å²) in [6.07, 6.45) is 65.5. The van der Waals surface area contributed by atoms with E-state index in [2.05, 4.69) is 118 Å². The predicted octanol–water partition coefficient (Wildman–Crippen LogP) is 16.6. The molecule has 0 saturated heterocycles. The van der Waals surface area contributed by atoms with E-state index in [1.807, 2.05) is 0 Å². The summed E-state index contributed by atoms with van der Waals surface area (Å²) in [7, 11) is 0. The van der Waals surface area contributed by atoms with Crippen LogP contribution in [0.4, 0.5) is 0 Å². The van der Waals surface area contributed by atoms with Crippen molar-refractivity contribution in [3.05, 3.63) is 97.2 Å². The van der Waals surface area contributed by atoms with Gasteiger partial charge in [-0.25, -0.2) is 0 Å². The quantitative estimate of drug-likeness (QED) is 0.0263. The highest BCUT2D eigenvalue weighted by atomic mass is 16.6. The van der Waals surface area contributed by atoms with Gasteiger partial charge in [-0.05, 0) is 103 Å². The second kappa shape index (κ2) is 50.0. The van der Waals surface area contributed by atoms with Crippen LogP contribution in [0, 0.1) is 0 Å². The molecule has 0 aliphatic carbocycles. The molecule has 0 spiro atoms. The zero-order valence-electron chi connectivity index (χ0n) is 40.1. The van der Waals surface area contributed by atoms with E-state index in [4.69, 9.17) is 14.2 Å². The number of carbonyl (C=O) groups is 3. The number of esters is 3. The molecule has 0 aromatic heterocycles. The van der Waals surface area contributed by atoms with Crippen molar-refractivity contribution < 1.29 is 28.6 Å². The molecule has 62 heavy (non-hydrogen) atoms. The molecule has 0 amide bonds. The van der Waals surface area contributed by atoms with E-state index in [0.717, 1.165) is 122 Å². The molecule has 6 nitrogen and oxygen atoms in total. The van der Waals surface area contributed by atoms with Crippen molar-refractivity contribution in [3.8, 4) is 0 Å². The fourth-order valence-electron chi connectivity index (χ4n) is 6.53. The third kappa shape index (κ3) is 47.4. The number of hydrogen-bond donors (Lipinski definition) is 0. The summed E-state index contributed by atoms with van der Waals surface area (Å²) in [5, 5.41) is 0. The molecule has 0 aromatic carbocycles. The van der Waals surface area contributed by atoms with E-state index in [1.165, 1.54) is 57.8 Å². The van der Waals surface area contributed by atoms with Crippen LogP contribution >= 0.6 is 0 Å². The number of carbonyl (C=O) groups excluding carboxylic acids is 3. The van der Waals surface area contributed by atoms with E-state index < -0.39 is 6.10 Å². The molecule has 0 aromatic rings. The molecular weight excluding hydrogens is 769 g/mol. The molecule has 0 heterocycles. The van der Waals surface area contributed by atoms with E-state index in [1.54, 1.807) is 0 Å². The number of allylic oxidation sites excluding steroid dienone is 16. The van der Waals surface area contributed by atoms with Crippen molar-refractivity contribution in [1.82, 2.24) is 0 Å². The molecule has 352 valence electrons. The van der Waals surface area contributed by atoms with Gasteiger partial charge in [0.15, 0.2) is 6.10 Å². The van der Waals surface area contributed by atoms with Gasteiger partial charge in [-0.1, -0.05) is 195 Å². The molecule has 1 unspecified atom stereocenters. The Bertz CT molecular complexity index is 1260. The summed E-state index contributed by atoms with van der Waals surface area (Å²) < 4.78 is 16.7. The number of rotatable bonds is 44. The predicted molar refractivity (Wildman–Crippen MR) is 265 cm³/mol. The molecule has 1 atom stereocenters. The first-order valence-electron chi connectivity index (χ1n) is 25.2. The Morgan fingerprint density at radius 1 is 0.339 bits per heavy atom. The lowest BCUT2D eigenvalue weighted by Crippen LogP contribution is -2.30. The van der Waals surface area contributed by atoms with Crippen molar-refractivity contribution >= 4 is 17.9 Å². The van der Waals surface area contributed by atoms with Crippen molar-refractivity contribution in [2.75, 3.05) is 13.2 Å². The fraction of sp³-hybridized carbons (Fsp3) is 0.661. The molecule has 0 N–H and O–H groups in total. The van der Waals surface area contributed by atoms with Crippen LogP contribution in [0.5, 0.6) is 0 Å². The van der Waals surface area contributed by atoms with E-state index in [0.29, 0.717) is 19.3 Å². The Hall–Kier alpha value is -3.67. The zero-order chi connectivity index (χ0) is 45.1. The summed E-state index contributed by atoms with van der Waals surface area (Å²) in [6, 6.07) is 0. The lowest BCUT2D eigenvalue weighted by atomic mass is 10.1. The van der Waals surface area contributed by atoms with Gasteiger partial charge in [-0.15, -0.1) is 0 Å². The fourth-order valence-corrected chi connectivity index (χ4v) is 6.53. The minimum Gasteiger partial charge on any atom is -0.462 e. The maximum absolute atomic E-state index is 12.7. The first-order chi connectivity index (χ1) is 30.5. The van der Waals surface area contributed by atoms with Gasteiger partial charge in [0.05, 0.1) is 0 Å². The normalized spacial score (nSPS) is 12.9. The van der Waals surface area contributed by atoms with Crippen LogP contribution in [0.15, 0.2) is 97.2 Å². The SMILES string of the molecule is CC/C=C\C/C=C\C/C=C\C/C=C\C/C=C\CCCCCC(=O)OCC(COC(=O)CCCCCCCC)OC(=O)CCCCCCCC/C=C\C/C=C\C/C=C\CCCCC. The molecule has 6 heteroatoms. The second-order valence-electron chi connectivity index (χ2n) is 16.3. The Morgan fingerprint density at radius 2 is 0.629 bits per heavy atom. The van der Waals surface area contributed by atoms with Gasteiger partial charge in [0.1, 0.15) is 13.2 Å². The molecule has 0 bridgehead atoms. The Kier molecular flexibility index (Phi) is 47.0. The summed E-state index contributed by atoms with van der Waals surface area (Å²) in [6.45, 7) is 6.38. The van der Waals surface area contributed by atoms with Gasteiger partial charge in [0, 0.05) is 19.3 Å². The number of ether oxygens (including phenoxy) is 3. The van der Waals surface area contributed by atoms with Gasteiger partial charge in [-0.2, -0.15) is 0 Å². The first-order valence-corrected chi connectivity index (χ1v) is 25.2. The lowest BCUT2D eigenvalue weighted by molar-refractivity contribution is -0.167. The Balaban J connectivity index is 4.33. The van der Waals surface area contributed by atoms with Crippen LogP contribution in [-0.4, -0.2) is 37.2 Å². The van der Waals surface area contributed by atoms with Crippen molar-refractivity contribution in [2.24, 2.45) is 0 Å². The van der Waals surface area contributed by atoms with Gasteiger partial charge < -0.3 is 14.2 Å². The number of hydrogen-bond acceptors (Lipinski definition) is 6. The van der Waals surface area contributed by atoms with E-state index in [-0.39, 0.29) is 31.1 Å². The minimum atomic E-state index is -0.795. The molecule has 0 rings (SSSR count). The van der Waals surface area contributed by atoms with Gasteiger partial charge in [0.2, 0.25) is 0 Å². The van der Waals surface area contributed by atoms with Crippen LogP contribution in [0.25, 0.3) is 0 Å². The summed E-state index contributed by atoms with van der Waals surface area (Å²) in [5.41, 5.74) is 0. The van der Waals surface area contributed by atoms with Gasteiger partial charge in [0.25, 0.3) is 0 Å². The average Bonchev–Trinajstić information content (AvgIpc) is 3.27. The van der Waals surface area contributed by atoms with Crippen LogP contribution in [0.1, 0.15) is 220 Å². The molecule has 0 aliphatic rings. The van der Waals surface area contributed by atoms with Crippen LogP contribution in [0.2, 0.25) is 0 Å². The largest absolute Gasteiger partial charge is 0.462 e. The summed E-state index contributed by atoms with van der Waals surface area (Å²) in [4.78, 5) is 37.7. The van der Waals surface area contributed by atoms with Gasteiger partial charge in [-0.3, -0.25) is 14.4 Å². The van der Waals surface area contributed by atoms with Crippen molar-refractivity contribution in [1.29, 1.82) is 0 Å². The third-order valence-corrected chi connectivity index (χ3v) is 10.3. The van der Waals surface area contributed by atoms with Crippen LogP contribution in [0.3, 0.4) is 0 Å². The lowest BCUT2D eigenvalue weighted by Gasteiger charge is -2.18. The van der Waals surface area contributed by atoms with E-state index >= 15 is 0 Å².